The number of fused-ring (bicyclic) bond motifs is 3. The van der Waals surface area contributed by atoms with E-state index in [2.05, 4.69) is 24.2 Å². The van der Waals surface area contributed by atoms with Gasteiger partial charge in [-0.15, -0.1) is 0 Å². The molecule has 2 amide bonds. The van der Waals surface area contributed by atoms with E-state index < -0.39 is 0 Å². The van der Waals surface area contributed by atoms with Gasteiger partial charge in [0.1, 0.15) is 11.9 Å². The zero-order valence-electron chi connectivity index (χ0n) is 18.0. The van der Waals surface area contributed by atoms with E-state index in [1.165, 1.54) is 17.3 Å². The maximum absolute atomic E-state index is 12.6. The van der Waals surface area contributed by atoms with Crippen LogP contribution in [0.4, 0.5) is 11.4 Å². The number of nitrogens with zero attached hydrogens (tertiary/aromatic N) is 3. The molecule has 0 saturated heterocycles. The average molecular weight is 435 g/mol. The van der Waals surface area contributed by atoms with E-state index in [-0.39, 0.29) is 23.6 Å². The molecule has 0 saturated carbocycles. The maximum Gasteiger partial charge on any atom is 0.270 e. The Balaban J connectivity index is 1.50. The largest absolute Gasteiger partial charge is 0.325 e. The molecule has 6 nitrogen and oxygen atoms in total. The SMILES string of the molecule is CCCC1C(=O)N=C2c3ccccc3N=C(SCC(=O)Nc3ccc(C(C)C)cc3)N21. The van der Waals surface area contributed by atoms with Crippen LogP contribution in [0.3, 0.4) is 0 Å². The van der Waals surface area contributed by atoms with E-state index in [0.29, 0.717) is 23.3 Å². The van der Waals surface area contributed by atoms with Gasteiger partial charge in [0.15, 0.2) is 5.17 Å². The van der Waals surface area contributed by atoms with Gasteiger partial charge in [0.05, 0.1) is 11.4 Å². The van der Waals surface area contributed by atoms with E-state index in [4.69, 9.17) is 4.99 Å². The lowest BCUT2D eigenvalue weighted by molar-refractivity contribution is -0.119. The van der Waals surface area contributed by atoms with E-state index in [9.17, 15) is 9.59 Å². The van der Waals surface area contributed by atoms with Gasteiger partial charge in [0, 0.05) is 11.3 Å². The van der Waals surface area contributed by atoms with Crippen molar-refractivity contribution in [2.75, 3.05) is 11.1 Å². The van der Waals surface area contributed by atoms with Crippen molar-refractivity contribution in [2.45, 2.75) is 45.6 Å². The summed E-state index contributed by atoms with van der Waals surface area (Å²) in [6, 6.07) is 15.2. The third-order valence-corrected chi connectivity index (χ3v) is 6.32. The molecule has 7 heteroatoms. The first kappa shape index (κ1) is 21.3. The van der Waals surface area contributed by atoms with Crippen LogP contribution in [0.25, 0.3) is 0 Å². The molecular weight excluding hydrogens is 408 g/mol. The van der Waals surface area contributed by atoms with Gasteiger partial charge in [-0.2, -0.15) is 4.99 Å². The molecule has 4 rings (SSSR count). The Morgan fingerprint density at radius 1 is 1.13 bits per heavy atom. The third kappa shape index (κ3) is 4.42. The topological polar surface area (TPSA) is 74.1 Å². The summed E-state index contributed by atoms with van der Waals surface area (Å²) in [7, 11) is 0. The van der Waals surface area contributed by atoms with Crippen molar-refractivity contribution in [3.05, 3.63) is 59.7 Å². The Hall–Kier alpha value is -2.93. The molecule has 0 aliphatic carbocycles. The van der Waals surface area contributed by atoms with E-state index in [0.717, 1.165) is 23.4 Å². The second kappa shape index (κ2) is 9.06. The first-order valence-corrected chi connectivity index (χ1v) is 11.6. The van der Waals surface area contributed by atoms with Crippen LogP contribution in [0.5, 0.6) is 0 Å². The molecule has 0 fully saturated rings. The number of para-hydroxylation sites is 1. The summed E-state index contributed by atoms with van der Waals surface area (Å²) < 4.78 is 0. The van der Waals surface area contributed by atoms with Gasteiger partial charge in [-0.3, -0.25) is 14.5 Å². The fourth-order valence-corrected chi connectivity index (χ4v) is 4.58. The highest BCUT2D eigenvalue weighted by Gasteiger charge is 2.41. The number of hydrogen-bond acceptors (Lipinski definition) is 5. The minimum atomic E-state index is -0.355. The minimum absolute atomic E-state index is 0.111. The zero-order valence-corrected chi connectivity index (χ0v) is 18.8. The number of anilines is 1. The van der Waals surface area contributed by atoms with E-state index >= 15 is 0 Å². The molecule has 160 valence electrons. The number of aliphatic imine (C=N–C) groups is 2. The van der Waals surface area contributed by atoms with Crippen molar-refractivity contribution >= 4 is 46.0 Å². The van der Waals surface area contributed by atoms with Gasteiger partial charge < -0.3 is 5.32 Å². The quantitative estimate of drug-likeness (QED) is 0.699. The highest BCUT2D eigenvalue weighted by atomic mass is 32.2. The second-order valence-corrected chi connectivity index (χ2v) is 8.92. The maximum atomic E-state index is 12.6. The summed E-state index contributed by atoms with van der Waals surface area (Å²) in [5, 5.41) is 3.59. The number of benzene rings is 2. The number of amidine groups is 2. The molecule has 0 aromatic heterocycles. The van der Waals surface area contributed by atoms with Crippen LogP contribution < -0.4 is 5.32 Å². The smallest absolute Gasteiger partial charge is 0.270 e. The molecule has 2 aromatic carbocycles. The lowest BCUT2D eigenvalue weighted by Crippen LogP contribution is -2.43. The summed E-state index contributed by atoms with van der Waals surface area (Å²) >= 11 is 1.34. The fourth-order valence-electron chi connectivity index (χ4n) is 3.73. The lowest BCUT2D eigenvalue weighted by atomic mass is 10.0. The Labute approximate surface area is 186 Å². The first-order valence-electron chi connectivity index (χ1n) is 10.6. The molecule has 0 spiro atoms. The summed E-state index contributed by atoms with van der Waals surface area (Å²) in [4.78, 5) is 36.1. The molecule has 1 atom stereocenters. The summed E-state index contributed by atoms with van der Waals surface area (Å²) in [6.07, 6.45) is 1.56. The van der Waals surface area contributed by atoms with Crippen LogP contribution in [0.15, 0.2) is 58.5 Å². The molecule has 31 heavy (non-hydrogen) atoms. The molecular formula is C24H26N4O2S. The summed E-state index contributed by atoms with van der Waals surface area (Å²) in [5.74, 6) is 1.03. The van der Waals surface area contributed by atoms with E-state index in [1.807, 2.05) is 60.4 Å². The van der Waals surface area contributed by atoms with Crippen molar-refractivity contribution < 1.29 is 9.59 Å². The van der Waals surface area contributed by atoms with Gasteiger partial charge in [-0.1, -0.05) is 63.2 Å². The predicted molar refractivity (Wildman–Crippen MR) is 127 cm³/mol. The first-order chi connectivity index (χ1) is 15.0. The number of rotatable bonds is 6. The third-order valence-electron chi connectivity index (χ3n) is 5.36. The molecule has 2 aliphatic heterocycles. The molecule has 0 bridgehead atoms. The molecule has 1 N–H and O–H groups in total. The Bertz CT molecular complexity index is 1060. The molecule has 1 unspecified atom stereocenters. The van der Waals surface area contributed by atoms with Gasteiger partial charge in [0.2, 0.25) is 5.91 Å². The van der Waals surface area contributed by atoms with Crippen molar-refractivity contribution in [3.63, 3.8) is 0 Å². The fraction of sp³-hybridized carbons (Fsp3) is 0.333. The Morgan fingerprint density at radius 3 is 2.58 bits per heavy atom. The zero-order chi connectivity index (χ0) is 22.0. The summed E-state index contributed by atoms with van der Waals surface area (Å²) in [5.41, 5.74) is 3.63. The van der Waals surface area contributed by atoms with Crippen LogP contribution in [-0.2, 0) is 9.59 Å². The predicted octanol–water partition coefficient (Wildman–Crippen LogP) is 4.94. The highest BCUT2D eigenvalue weighted by Crippen LogP contribution is 2.35. The van der Waals surface area contributed by atoms with E-state index in [1.54, 1.807) is 0 Å². The van der Waals surface area contributed by atoms with Gasteiger partial charge in [-0.25, -0.2) is 4.99 Å². The monoisotopic (exact) mass is 434 g/mol. The van der Waals surface area contributed by atoms with Crippen molar-refractivity contribution in [2.24, 2.45) is 9.98 Å². The van der Waals surface area contributed by atoms with Crippen LogP contribution in [0.1, 0.15) is 50.7 Å². The van der Waals surface area contributed by atoms with Crippen LogP contribution in [0, 0.1) is 0 Å². The van der Waals surface area contributed by atoms with Crippen molar-refractivity contribution in [1.29, 1.82) is 0 Å². The number of carbonyl (C=O) groups excluding carboxylic acids is 2. The van der Waals surface area contributed by atoms with Crippen LogP contribution in [-0.4, -0.2) is 39.5 Å². The Kier molecular flexibility index (Phi) is 6.23. The van der Waals surface area contributed by atoms with Crippen molar-refractivity contribution in [1.82, 2.24) is 4.90 Å². The van der Waals surface area contributed by atoms with Gasteiger partial charge in [0.25, 0.3) is 5.91 Å². The minimum Gasteiger partial charge on any atom is -0.325 e. The average Bonchev–Trinajstić information content (AvgIpc) is 3.09. The lowest BCUT2D eigenvalue weighted by Gasteiger charge is -2.30. The summed E-state index contributed by atoms with van der Waals surface area (Å²) in [6.45, 7) is 6.32. The molecule has 2 heterocycles. The van der Waals surface area contributed by atoms with Crippen molar-refractivity contribution in [3.8, 4) is 0 Å². The number of hydrogen-bond donors (Lipinski definition) is 1. The number of amides is 2. The second-order valence-electron chi connectivity index (χ2n) is 7.97. The van der Waals surface area contributed by atoms with Crippen LogP contribution in [0.2, 0.25) is 0 Å². The number of nitrogens with one attached hydrogen (secondary N) is 1. The molecule has 2 aromatic rings. The normalized spacial score (nSPS) is 17.2. The molecule has 0 radical (unpaired) electrons. The van der Waals surface area contributed by atoms with Crippen LogP contribution >= 0.6 is 11.8 Å². The van der Waals surface area contributed by atoms with Gasteiger partial charge in [-0.05, 0) is 42.2 Å². The molecule has 2 aliphatic rings. The van der Waals surface area contributed by atoms with Gasteiger partial charge >= 0.3 is 0 Å². The Morgan fingerprint density at radius 2 is 1.87 bits per heavy atom. The number of thioether (sulfide) groups is 1. The number of carbonyl (C=O) groups is 2. The standard InChI is InChI=1S/C24H26N4O2S/c1-4-7-20-23(30)27-22-18-8-5-6-9-19(18)26-24(28(20)22)31-14-21(29)25-17-12-10-16(11-13-17)15(2)3/h5-6,8-13,15,20H,4,7,14H2,1-3H3,(H,25,29). The highest BCUT2D eigenvalue weighted by molar-refractivity contribution is 8.14.